The van der Waals surface area contributed by atoms with Crippen molar-refractivity contribution in [3.8, 4) is 0 Å². The largest absolute Gasteiger partial charge is 0.477 e. The van der Waals surface area contributed by atoms with Crippen LogP contribution in [0.5, 0.6) is 0 Å². The minimum absolute atomic E-state index is 0.395. The Hall–Kier alpha value is -1.77. The van der Waals surface area contributed by atoms with Gasteiger partial charge in [0.15, 0.2) is 0 Å². The van der Waals surface area contributed by atoms with Crippen LogP contribution in [-0.4, -0.2) is 15.6 Å². The van der Waals surface area contributed by atoms with E-state index in [1.54, 1.807) is 6.07 Å². The number of nitrogens with zero attached hydrogens (tertiary/aromatic N) is 1. The highest BCUT2D eigenvalue weighted by Gasteiger charge is 2.14. The molecule has 0 saturated heterocycles. The number of unbranched alkanes of at least 4 members (excludes halogenated alkanes) is 2. The Balaban J connectivity index is 2.45. The van der Waals surface area contributed by atoms with Crippen LogP contribution in [-0.2, 0) is 6.54 Å². The van der Waals surface area contributed by atoms with Gasteiger partial charge in [-0.15, -0.1) is 0 Å². The fourth-order valence-electron chi connectivity index (χ4n) is 2.33. The number of carbonyl (C=O) groups is 1. The van der Waals surface area contributed by atoms with Gasteiger partial charge in [-0.25, -0.2) is 4.79 Å². The predicted octanol–water partition coefficient (Wildman–Crippen LogP) is 3.84. The van der Waals surface area contributed by atoms with Crippen LogP contribution in [0.25, 0.3) is 10.9 Å². The summed E-state index contributed by atoms with van der Waals surface area (Å²) in [6, 6.07) is 7.86. The molecular weight excluding hydrogens is 226 g/mol. The molecule has 0 bridgehead atoms. The topological polar surface area (TPSA) is 42.2 Å². The number of aromatic carboxylic acids is 1. The van der Waals surface area contributed by atoms with Gasteiger partial charge in [-0.2, -0.15) is 0 Å². The molecule has 0 radical (unpaired) electrons. The van der Waals surface area contributed by atoms with Crippen molar-refractivity contribution >= 4 is 16.9 Å². The third-order valence-electron chi connectivity index (χ3n) is 3.26. The molecular formula is C15H19NO2. The number of carboxylic acids is 1. The highest BCUT2D eigenvalue weighted by molar-refractivity contribution is 5.94. The summed E-state index contributed by atoms with van der Waals surface area (Å²) in [5, 5.41) is 10.3. The lowest BCUT2D eigenvalue weighted by Crippen LogP contribution is -2.08. The number of aryl methyl sites for hydroxylation is 2. The van der Waals surface area contributed by atoms with Crippen molar-refractivity contribution < 1.29 is 9.90 Å². The first-order valence-electron chi connectivity index (χ1n) is 6.46. The van der Waals surface area contributed by atoms with E-state index in [4.69, 9.17) is 0 Å². The number of benzene rings is 1. The molecule has 2 rings (SSSR count). The molecule has 1 N–H and O–H groups in total. The molecule has 0 atom stereocenters. The van der Waals surface area contributed by atoms with Gasteiger partial charge in [0, 0.05) is 17.4 Å². The van der Waals surface area contributed by atoms with Crippen molar-refractivity contribution in [3.05, 3.63) is 35.5 Å². The SMILES string of the molecule is CCCCCn1c(C(=O)O)cc2cc(C)ccc21. The van der Waals surface area contributed by atoms with Gasteiger partial charge >= 0.3 is 5.97 Å². The van der Waals surface area contributed by atoms with Crippen LogP contribution in [0.1, 0.15) is 42.2 Å². The van der Waals surface area contributed by atoms with Gasteiger partial charge in [0.1, 0.15) is 5.69 Å². The van der Waals surface area contributed by atoms with Gasteiger partial charge in [-0.05, 0) is 31.5 Å². The zero-order valence-corrected chi connectivity index (χ0v) is 10.9. The Morgan fingerprint density at radius 1 is 1.28 bits per heavy atom. The van der Waals surface area contributed by atoms with Crippen LogP contribution in [0.3, 0.4) is 0 Å². The van der Waals surface area contributed by atoms with Gasteiger partial charge in [0.25, 0.3) is 0 Å². The van der Waals surface area contributed by atoms with E-state index in [-0.39, 0.29) is 0 Å². The van der Waals surface area contributed by atoms with E-state index in [0.29, 0.717) is 5.69 Å². The molecule has 0 unspecified atom stereocenters. The number of aromatic nitrogens is 1. The molecule has 18 heavy (non-hydrogen) atoms. The second kappa shape index (κ2) is 5.25. The van der Waals surface area contributed by atoms with Crippen LogP contribution in [0, 0.1) is 6.92 Å². The van der Waals surface area contributed by atoms with E-state index in [2.05, 4.69) is 6.92 Å². The molecule has 96 valence electrons. The molecule has 0 aliphatic rings. The molecule has 0 amide bonds. The van der Waals surface area contributed by atoms with E-state index < -0.39 is 5.97 Å². The normalized spacial score (nSPS) is 11.0. The average molecular weight is 245 g/mol. The number of hydrogen-bond donors (Lipinski definition) is 1. The minimum Gasteiger partial charge on any atom is -0.477 e. The monoisotopic (exact) mass is 245 g/mol. The van der Waals surface area contributed by atoms with Crippen LogP contribution >= 0.6 is 0 Å². The maximum absolute atomic E-state index is 11.3. The standard InChI is InChI=1S/C15H19NO2/c1-3-4-5-8-16-13-7-6-11(2)9-12(13)10-14(16)15(17)18/h6-7,9-10H,3-5,8H2,1-2H3,(H,17,18). The number of hydrogen-bond acceptors (Lipinski definition) is 1. The molecule has 3 heteroatoms. The summed E-state index contributed by atoms with van der Waals surface area (Å²) in [5.74, 6) is -0.847. The molecule has 3 nitrogen and oxygen atoms in total. The second-order valence-corrected chi connectivity index (χ2v) is 4.76. The van der Waals surface area contributed by atoms with Gasteiger partial charge in [-0.1, -0.05) is 31.4 Å². The summed E-state index contributed by atoms with van der Waals surface area (Å²) in [6.07, 6.45) is 3.29. The van der Waals surface area contributed by atoms with E-state index in [1.165, 1.54) is 0 Å². The molecule has 1 heterocycles. The first-order valence-corrected chi connectivity index (χ1v) is 6.46. The first kappa shape index (κ1) is 12.7. The van der Waals surface area contributed by atoms with Crippen molar-refractivity contribution in [1.82, 2.24) is 4.57 Å². The number of rotatable bonds is 5. The fraction of sp³-hybridized carbons (Fsp3) is 0.400. The second-order valence-electron chi connectivity index (χ2n) is 4.76. The maximum Gasteiger partial charge on any atom is 0.352 e. The molecule has 0 saturated carbocycles. The highest BCUT2D eigenvalue weighted by atomic mass is 16.4. The predicted molar refractivity (Wildman–Crippen MR) is 73.2 cm³/mol. The first-order chi connectivity index (χ1) is 8.63. The Bertz CT molecular complexity index is 569. The van der Waals surface area contributed by atoms with Crippen molar-refractivity contribution in [1.29, 1.82) is 0 Å². The lowest BCUT2D eigenvalue weighted by Gasteiger charge is -2.07. The quantitative estimate of drug-likeness (QED) is 0.813. The maximum atomic E-state index is 11.3. The van der Waals surface area contributed by atoms with Crippen LogP contribution < -0.4 is 0 Å². The molecule has 0 aliphatic carbocycles. The average Bonchev–Trinajstić information content (AvgIpc) is 2.68. The van der Waals surface area contributed by atoms with Crippen LogP contribution in [0.15, 0.2) is 24.3 Å². The lowest BCUT2D eigenvalue weighted by atomic mass is 10.2. The summed E-state index contributed by atoms with van der Waals surface area (Å²) in [6.45, 7) is 4.95. The zero-order chi connectivity index (χ0) is 13.1. The molecule has 0 aliphatic heterocycles. The van der Waals surface area contributed by atoms with Crippen molar-refractivity contribution in [2.75, 3.05) is 0 Å². The zero-order valence-electron chi connectivity index (χ0n) is 10.9. The van der Waals surface area contributed by atoms with Crippen LogP contribution in [0.4, 0.5) is 0 Å². The lowest BCUT2D eigenvalue weighted by molar-refractivity contribution is 0.0685. The molecule has 0 spiro atoms. The van der Waals surface area contributed by atoms with Gasteiger partial charge in [0.2, 0.25) is 0 Å². The van der Waals surface area contributed by atoms with Gasteiger partial charge in [0.05, 0.1) is 0 Å². The molecule has 1 aromatic heterocycles. The fourth-order valence-corrected chi connectivity index (χ4v) is 2.33. The van der Waals surface area contributed by atoms with E-state index in [1.807, 2.05) is 29.7 Å². The smallest absolute Gasteiger partial charge is 0.352 e. The van der Waals surface area contributed by atoms with E-state index in [9.17, 15) is 9.90 Å². The summed E-state index contributed by atoms with van der Waals surface area (Å²) in [7, 11) is 0. The summed E-state index contributed by atoms with van der Waals surface area (Å²) < 4.78 is 1.92. The Morgan fingerprint density at radius 2 is 2.06 bits per heavy atom. The van der Waals surface area contributed by atoms with Crippen molar-refractivity contribution in [2.24, 2.45) is 0 Å². The molecule has 1 aromatic carbocycles. The summed E-state index contributed by atoms with van der Waals surface area (Å²) in [4.78, 5) is 11.3. The number of carboxylic acid groups (broad SMARTS) is 1. The summed E-state index contributed by atoms with van der Waals surface area (Å²) >= 11 is 0. The highest BCUT2D eigenvalue weighted by Crippen LogP contribution is 2.22. The third-order valence-corrected chi connectivity index (χ3v) is 3.26. The van der Waals surface area contributed by atoms with Crippen LogP contribution in [0.2, 0.25) is 0 Å². The Morgan fingerprint density at radius 3 is 2.72 bits per heavy atom. The Kier molecular flexibility index (Phi) is 3.70. The van der Waals surface area contributed by atoms with Gasteiger partial charge < -0.3 is 9.67 Å². The Labute approximate surface area is 107 Å². The number of fused-ring (bicyclic) bond motifs is 1. The van der Waals surface area contributed by atoms with Gasteiger partial charge in [-0.3, -0.25) is 0 Å². The molecule has 2 aromatic rings. The van der Waals surface area contributed by atoms with E-state index in [0.717, 1.165) is 42.3 Å². The third kappa shape index (κ3) is 2.40. The van der Waals surface area contributed by atoms with Crippen molar-refractivity contribution in [3.63, 3.8) is 0 Å². The van der Waals surface area contributed by atoms with Crippen molar-refractivity contribution in [2.45, 2.75) is 39.7 Å². The van der Waals surface area contributed by atoms with E-state index >= 15 is 0 Å². The molecule has 0 fully saturated rings. The summed E-state index contributed by atoms with van der Waals surface area (Å²) in [5.41, 5.74) is 2.57. The minimum atomic E-state index is -0.847.